The molecule has 0 aliphatic heterocycles. The zero-order chi connectivity index (χ0) is 13.1. The van der Waals surface area contributed by atoms with Gasteiger partial charge in [0.15, 0.2) is 0 Å². The maximum absolute atomic E-state index is 6.36. The van der Waals surface area contributed by atoms with Crippen LogP contribution in [0.3, 0.4) is 0 Å². The first-order chi connectivity index (χ1) is 7.85. The summed E-state index contributed by atoms with van der Waals surface area (Å²) in [7, 11) is 0. The molecule has 1 aromatic rings. The van der Waals surface area contributed by atoms with Gasteiger partial charge in [0.1, 0.15) is 0 Å². The Kier molecular flexibility index (Phi) is 5.49. The van der Waals surface area contributed by atoms with Crippen LogP contribution in [-0.4, -0.2) is 6.54 Å². The lowest BCUT2D eigenvalue weighted by atomic mass is 9.88. The maximum Gasteiger partial charge on any atom is 0.0590 e. The normalized spacial score (nSPS) is 14.0. The van der Waals surface area contributed by atoms with Crippen molar-refractivity contribution in [2.75, 3.05) is 6.54 Å². The lowest BCUT2D eigenvalue weighted by molar-refractivity contribution is 0.335. The highest BCUT2D eigenvalue weighted by atomic mass is 35.5. The van der Waals surface area contributed by atoms with Gasteiger partial charge in [-0.05, 0) is 42.7 Å². The SMILES string of the molecule is CCNC(CCC(C)(C)C)c1scc(C)c1Cl. The van der Waals surface area contributed by atoms with Crippen molar-refractivity contribution in [2.24, 2.45) is 5.41 Å². The molecule has 0 spiro atoms. The third-order valence-corrected chi connectivity index (χ3v) is 4.70. The van der Waals surface area contributed by atoms with Gasteiger partial charge in [-0.1, -0.05) is 39.3 Å². The minimum absolute atomic E-state index is 0.381. The van der Waals surface area contributed by atoms with Crippen LogP contribution in [0.2, 0.25) is 5.02 Å². The van der Waals surface area contributed by atoms with Gasteiger partial charge in [0, 0.05) is 10.9 Å². The van der Waals surface area contributed by atoms with E-state index in [1.165, 1.54) is 16.9 Å². The summed E-state index contributed by atoms with van der Waals surface area (Å²) in [5, 5.41) is 6.66. The topological polar surface area (TPSA) is 12.0 Å². The minimum Gasteiger partial charge on any atom is -0.309 e. The summed E-state index contributed by atoms with van der Waals surface area (Å²) >= 11 is 8.14. The number of thiophene rings is 1. The summed E-state index contributed by atoms with van der Waals surface area (Å²) in [6.07, 6.45) is 2.36. The predicted molar refractivity (Wildman–Crippen MR) is 79.2 cm³/mol. The number of halogens is 1. The van der Waals surface area contributed by atoms with Crippen LogP contribution in [0.4, 0.5) is 0 Å². The molecule has 0 saturated heterocycles. The van der Waals surface area contributed by atoms with E-state index in [-0.39, 0.29) is 0 Å². The molecule has 1 N–H and O–H groups in total. The monoisotopic (exact) mass is 273 g/mol. The third-order valence-electron chi connectivity index (χ3n) is 2.88. The second-order valence-corrected chi connectivity index (χ2v) is 7.10. The second kappa shape index (κ2) is 6.21. The Hall–Kier alpha value is -0.0500. The molecule has 0 aliphatic carbocycles. The minimum atomic E-state index is 0.381. The average molecular weight is 274 g/mol. The zero-order valence-corrected chi connectivity index (χ0v) is 13.1. The molecular weight excluding hydrogens is 250 g/mol. The largest absolute Gasteiger partial charge is 0.309 e. The van der Waals surface area contributed by atoms with Crippen molar-refractivity contribution in [1.82, 2.24) is 5.32 Å². The predicted octanol–water partition coefficient (Wildman–Crippen LogP) is 5.19. The number of aryl methyl sites for hydroxylation is 1. The highest BCUT2D eigenvalue weighted by Crippen LogP contribution is 2.36. The van der Waals surface area contributed by atoms with Crippen LogP contribution < -0.4 is 5.32 Å². The Balaban J connectivity index is 2.75. The van der Waals surface area contributed by atoms with E-state index >= 15 is 0 Å². The molecule has 17 heavy (non-hydrogen) atoms. The van der Waals surface area contributed by atoms with Crippen LogP contribution in [0, 0.1) is 12.3 Å². The Morgan fingerprint density at radius 1 is 1.41 bits per heavy atom. The summed E-state index contributed by atoms with van der Waals surface area (Å²) in [6.45, 7) is 12.1. The molecule has 1 nitrogen and oxygen atoms in total. The molecule has 0 aliphatic rings. The Morgan fingerprint density at radius 2 is 2.06 bits per heavy atom. The van der Waals surface area contributed by atoms with Crippen molar-refractivity contribution in [3.63, 3.8) is 0 Å². The molecule has 1 heterocycles. The summed E-state index contributed by atoms with van der Waals surface area (Å²) in [5.74, 6) is 0. The maximum atomic E-state index is 6.36. The van der Waals surface area contributed by atoms with E-state index in [1.807, 2.05) is 0 Å². The van der Waals surface area contributed by atoms with Crippen LogP contribution in [0.1, 0.15) is 57.0 Å². The van der Waals surface area contributed by atoms with Crippen molar-refractivity contribution in [1.29, 1.82) is 0 Å². The smallest absolute Gasteiger partial charge is 0.0590 e. The Bertz CT molecular complexity index is 352. The highest BCUT2D eigenvalue weighted by molar-refractivity contribution is 7.10. The zero-order valence-electron chi connectivity index (χ0n) is 11.6. The molecule has 0 bridgehead atoms. The highest BCUT2D eigenvalue weighted by Gasteiger charge is 2.20. The summed E-state index contributed by atoms with van der Waals surface area (Å²) in [4.78, 5) is 1.30. The van der Waals surface area contributed by atoms with Crippen LogP contribution in [0.25, 0.3) is 0 Å². The summed E-state index contributed by atoms with van der Waals surface area (Å²) in [5.41, 5.74) is 1.58. The van der Waals surface area contributed by atoms with E-state index in [1.54, 1.807) is 11.3 Å². The molecule has 0 radical (unpaired) electrons. The van der Waals surface area contributed by atoms with Gasteiger partial charge < -0.3 is 5.32 Å². The van der Waals surface area contributed by atoms with Crippen molar-refractivity contribution < 1.29 is 0 Å². The molecule has 98 valence electrons. The molecule has 1 unspecified atom stereocenters. The van der Waals surface area contributed by atoms with Crippen LogP contribution >= 0.6 is 22.9 Å². The number of hydrogen-bond acceptors (Lipinski definition) is 2. The summed E-state index contributed by atoms with van der Waals surface area (Å²) in [6, 6.07) is 0.408. The Morgan fingerprint density at radius 3 is 2.47 bits per heavy atom. The standard InChI is InChI=1S/C14H24ClNS/c1-6-16-11(7-8-14(3,4)5)13-12(15)10(2)9-17-13/h9,11,16H,6-8H2,1-5H3. The first kappa shape index (κ1) is 15.0. The first-order valence-corrected chi connectivity index (χ1v) is 7.57. The second-order valence-electron chi connectivity index (χ2n) is 5.81. The van der Waals surface area contributed by atoms with E-state index in [0.29, 0.717) is 11.5 Å². The lowest BCUT2D eigenvalue weighted by Crippen LogP contribution is -2.22. The number of hydrogen-bond donors (Lipinski definition) is 1. The summed E-state index contributed by atoms with van der Waals surface area (Å²) < 4.78 is 0. The first-order valence-electron chi connectivity index (χ1n) is 6.32. The number of rotatable bonds is 5. The van der Waals surface area contributed by atoms with Gasteiger partial charge in [0.05, 0.1) is 5.02 Å². The Labute approximate surface area is 115 Å². The van der Waals surface area contributed by atoms with Crippen molar-refractivity contribution in [3.05, 3.63) is 20.8 Å². The molecule has 0 saturated carbocycles. The van der Waals surface area contributed by atoms with Crippen molar-refractivity contribution >= 4 is 22.9 Å². The van der Waals surface area contributed by atoms with E-state index in [2.05, 4.69) is 45.3 Å². The van der Waals surface area contributed by atoms with Crippen LogP contribution in [0.5, 0.6) is 0 Å². The van der Waals surface area contributed by atoms with Gasteiger partial charge in [-0.15, -0.1) is 11.3 Å². The molecule has 1 atom stereocenters. The average Bonchev–Trinajstić information content (AvgIpc) is 2.54. The fourth-order valence-electron chi connectivity index (χ4n) is 1.83. The number of nitrogens with one attached hydrogen (secondary N) is 1. The van der Waals surface area contributed by atoms with Crippen LogP contribution in [0.15, 0.2) is 5.38 Å². The molecule has 1 rings (SSSR count). The van der Waals surface area contributed by atoms with E-state index in [9.17, 15) is 0 Å². The third kappa shape index (κ3) is 4.61. The van der Waals surface area contributed by atoms with Gasteiger partial charge >= 0.3 is 0 Å². The van der Waals surface area contributed by atoms with Gasteiger partial charge in [0.2, 0.25) is 0 Å². The van der Waals surface area contributed by atoms with Gasteiger partial charge in [0.25, 0.3) is 0 Å². The molecule has 1 aromatic heterocycles. The molecule has 0 aromatic carbocycles. The van der Waals surface area contributed by atoms with E-state index < -0.39 is 0 Å². The molecule has 3 heteroatoms. The van der Waals surface area contributed by atoms with Crippen molar-refractivity contribution in [3.8, 4) is 0 Å². The molecule has 0 fully saturated rings. The fourth-order valence-corrected chi connectivity index (χ4v) is 3.27. The van der Waals surface area contributed by atoms with Gasteiger partial charge in [-0.2, -0.15) is 0 Å². The van der Waals surface area contributed by atoms with E-state index in [0.717, 1.165) is 18.0 Å². The van der Waals surface area contributed by atoms with E-state index in [4.69, 9.17) is 11.6 Å². The lowest BCUT2D eigenvalue weighted by Gasteiger charge is -2.23. The fraction of sp³-hybridized carbons (Fsp3) is 0.714. The quantitative estimate of drug-likeness (QED) is 0.779. The van der Waals surface area contributed by atoms with Crippen molar-refractivity contribution in [2.45, 2.75) is 53.5 Å². The van der Waals surface area contributed by atoms with Gasteiger partial charge in [-0.3, -0.25) is 0 Å². The molecular formula is C14H24ClNS. The van der Waals surface area contributed by atoms with Gasteiger partial charge in [-0.25, -0.2) is 0 Å². The molecule has 0 amide bonds. The van der Waals surface area contributed by atoms with Crippen LogP contribution in [-0.2, 0) is 0 Å².